The van der Waals surface area contributed by atoms with Gasteiger partial charge in [0.2, 0.25) is 5.91 Å². The Kier molecular flexibility index (Phi) is 7.30. The first-order valence-corrected chi connectivity index (χ1v) is 13.3. The van der Waals surface area contributed by atoms with Crippen molar-refractivity contribution in [2.45, 2.75) is 38.8 Å². The second kappa shape index (κ2) is 10.8. The zero-order valence-corrected chi connectivity index (χ0v) is 21.9. The van der Waals surface area contributed by atoms with Crippen molar-refractivity contribution in [3.63, 3.8) is 0 Å². The van der Waals surface area contributed by atoms with Gasteiger partial charge in [-0.25, -0.2) is 9.97 Å². The van der Waals surface area contributed by atoms with Crippen molar-refractivity contribution in [3.8, 4) is 10.6 Å². The molecule has 0 spiro atoms. The van der Waals surface area contributed by atoms with E-state index in [2.05, 4.69) is 31.2 Å². The molecule has 2 aromatic heterocycles. The SMILES string of the molecule is Cc1cccc2cc(CN(CC3CCCO3)C(=O)Cc3csc(-c4ccccc4)n3)c(N(C)C)nc12. The zero-order valence-electron chi connectivity index (χ0n) is 21.1. The summed E-state index contributed by atoms with van der Waals surface area (Å²) in [6.45, 7) is 3.91. The minimum Gasteiger partial charge on any atom is -0.376 e. The van der Waals surface area contributed by atoms with Crippen LogP contribution < -0.4 is 4.90 Å². The van der Waals surface area contributed by atoms with E-state index in [9.17, 15) is 4.79 Å². The normalized spacial score (nSPS) is 15.4. The van der Waals surface area contributed by atoms with Crippen LogP contribution in [0.4, 0.5) is 5.82 Å². The Hall–Kier alpha value is -3.29. The molecule has 1 atom stereocenters. The largest absolute Gasteiger partial charge is 0.376 e. The summed E-state index contributed by atoms with van der Waals surface area (Å²) < 4.78 is 5.91. The summed E-state index contributed by atoms with van der Waals surface area (Å²) in [6.07, 6.45) is 2.36. The molecule has 0 N–H and O–H groups in total. The van der Waals surface area contributed by atoms with Crippen molar-refractivity contribution in [2.24, 2.45) is 0 Å². The molecule has 1 aliphatic rings. The Morgan fingerprint density at radius 3 is 2.69 bits per heavy atom. The van der Waals surface area contributed by atoms with Crippen LogP contribution in [0.2, 0.25) is 0 Å². The molecule has 2 aromatic carbocycles. The number of benzene rings is 2. The highest BCUT2D eigenvalue weighted by Crippen LogP contribution is 2.28. The molecule has 4 aromatic rings. The molecule has 0 saturated carbocycles. The minimum absolute atomic E-state index is 0.0597. The molecule has 5 rings (SSSR count). The first kappa shape index (κ1) is 24.4. The summed E-state index contributed by atoms with van der Waals surface area (Å²) in [7, 11) is 4.01. The molecule has 1 amide bonds. The minimum atomic E-state index is 0.0597. The number of amides is 1. The molecular formula is C29H32N4O2S. The molecule has 0 bridgehead atoms. The fourth-order valence-corrected chi connectivity index (χ4v) is 5.57. The van der Waals surface area contributed by atoms with E-state index in [0.29, 0.717) is 13.1 Å². The summed E-state index contributed by atoms with van der Waals surface area (Å²) in [6, 6.07) is 18.5. The maximum atomic E-state index is 13.7. The summed E-state index contributed by atoms with van der Waals surface area (Å²) in [5, 5.41) is 4.02. The highest BCUT2D eigenvalue weighted by atomic mass is 32.1. The number of hydrogen-bond acceptors (Lipinski definition) is 6. The lowest BCUT2D eigenvalue weighted by molar-refractivity contribution is -0.132. The summed E-state index contributed by atoms with van der Waals surface area (Å²) in [5.41, 5.74) is 5.06. The predicted molar refractivity (Wildman–Crippen MR) is 146 cm³/mol. The van der Waals surface area contributed by atoms with E-state index in [-0.39, 0.29) is 18.4 Å². The number of para-hydroxylation sites is 1. The number of nitrogens with zero attached hydrogens (tertiary/aromatic N) is 4. The molecule has 36 heavy (non-hydrogen) atoms. The number of carbonyl (C=O) groups is 1. The van der Waals surface area contributed by atoms with E-state index >= 15 is 0 Å². The van der Waals surface area contributed by atoms with Crippen LogP contribution in [0.5, 0.6) is 0 Å². The number of carbonyl (C=O) groups excluding carboxylic acids is 1. The molecule has 3 heterocycles. The van der Waals surface area contributed by atoms with E-state index in [4.69, 9.17) is 14.7 Å². The lowest BCUT2D eigenvalue weighted by atomic mass is 10.1. The molecule has 0 radical (unpaired) electrons. The number of aromatic nitrogens is 2. The monoisotopic (exact) mass is 500 g/mol. The van der Waals surface area contributed by atoms with Gasteiger partial charge in [-0.15, -0.1) is 11.3 Å². The van der Waals surface area contributed by atoms with Crippen LogP contribution in [0, 0.1) is 6.92 Å². The van der Waals surface area contributed by atoms with Crippen molar-refractivity contribution < 1.29 is 9.53 Å². The summed E-state index contributed by atoms with van der Waals surface area (Å²) in [4.78, 5) is 27.4. The van der Waals surface area contributed by atoms with Crippen molar-refractivity contribution >= 4 is 34.0 Å². The quantitative estimate of drug-likeness (QED) is 0.321. The molecule has 1 unspecified atom stereocenters. The van der Waals surface area contributed by atoms with Crippen LogP contribution in [0.15, 0.2) is 60.0 Å². The van der Waals surface area contributed by atoms with Crippen LogP contribution in [-0.2, 0) is 22.5 Å². The van der Waals surface area contributed by atoms with Crippen LogP contribution in [0.25, 0.3) is 21.5 Å². The van der Waals surface area contributed by atoms with Gasteiger partial charge in [0.25, 0.3) is 0 Å². The lowest BCUT2D eigenvalue weighted by Crippen LogP contribution is -2.38. The maximum absolute atomic E-state index is 13.7. The first-order valence-electron chi connectivity index (χ1n) is 12.4. The third kappa shape index (κ3) is 5.42. The topological polar surface area (TPSA) is 58.6 Å². The van der Waals surface area contributed by atoms with Crippen molar-refractivity contribution in [1.82, 2.24) is 14.9 Å². The summed E-state index contributed by atoms with van der Waals surface area (Å²) in [5.74, 6) is 0.950. The van der Waals surface area contributed by atoms with Gasteiger partial charge >= 0.3 is 0 Å². The highest BCUT2D eigenvalue weighted by Gasteiger charge is 2.25. The molecule has 1 aliphatic heterocycles. The number of rotatable bonds is 8. The zero-order chi connectivity index (χ0) is 25.1. The number of fused-ring (bicyclic) bond motifs is 1. The molecule has 1 fully saturated rings. The Labute approximate surface area is 216 Å². The Morgan fingerprint density at radius 2 is 1.94 bits per heavy atom. The third-order valence-corrected chi connectivity index (χ3v) is 7.53. The van der Waals surface area contributed by atoms with Crippen LogP contribution in [0.3, 0.4) is 0 Å². The standard InChI is InChI=1S/C29H32N4O2S/c1-20-9-7-12-22-15-23(28(32(2)3)31-27(20)22)17-33(18-25-13-8-14-35-25)26(34)16-24-19-36-29(30-24)21-10-5-4-6-11-21/h4-7,9-12,15,19,25H,8,13-14,16-18H2,1-3H3. The summed E-state index contributed by atoms with van der Waals surface area (Å²) >= 11 is 1.58. The van der Waals surface area contributed by atoms with Crippen LogP contribution in [0.1, 0.15) is 29.7 Å². The molecule has 0 aliphatic carbocycles. The van der Waals surface area contributed by atoms with Gasteiger partial charge < -0.3 is 14.5 Å². The van der Waals surface area contributed by atoms with Crippen molar-refractivity contribution in [3.05, 3.63) is 76.8 Å². The predicted octanol–water partition coefficient (Wildman–Crippen LogP) is 5.48. The second-order valence-electron chi connectivity index (χ2n) is 9.61. The van der Waals surface area contributed by atoms with Crippen molar-refractivity contribution in [1.29, 1.82) is 0 Å². The average molecular weight is 501 g/mol. The fraction of sp³-hybridized carbons (Fsp3) is 0.345. The number of aryl methyl sites for hydroxylation is 1. The van der Waals surface area contributed by atoms with Crippen LogP contribution in [-0.4, -0.2) is 54.1 Å². The third-order valence-electron chi connectivity index (χ3n) is 6.59. The highest BCUT2D eigenvalue weighted by molar-refractivity contribution is 7.13. The fourth-order valence-electron chi connectivity index (χ4n) is 4.75. The Morgan fingerprint density at radius 1 is 1.11 bits per heavy atom. The van der Waals surface area contributed by atoms with Gasteiger partial charge in [0.05, 0.1) is 23.7 Å². The second-order valence-corrected chi connectivity index (χ2v) is 10.5. The van der Waals surface area contributed by atoms with Crippen LogP contribution >= 0.6 is 11.3 Å². The van der Waals surface area contributed by atoms with Gasteiger partial charge in [-0.1, -0.05) is 48.5 Å². The number of pyridine rings is 1. The Balaban J connectivity index is 1.42. The van der Waals surface area contributed by atoms with Gasteiger partial charge in [-0.05, 0) is 31.4 Å². The molecule has 6 nitrogen and oxygen atoms in total. The number of hydrogen-bond donors (Lipinski definition) is 0. The van der Waals surface area contributed by atoms with Gasteiger partial charge in [0.1, 0.15) is 10.8 Å². The molecule has 186 valence electrons. The van der Waals surface area contributed by atoms with Crippen molar-refractivity contribution in [2.75, 3.05) is 32.1 Å². The molecule has 1 saturated heterocycles. The van der Waals surface area contributed by atoms with E-state index < -0.39 is 0 Å². The Bertz CT molecular complexity index is 1350. The number of thiazole rings is 1. The van der Waals surface area contributed by atoms with E-state index in [1.807, 2.05) is 59.6 Å². The van der Waals surface area contributed by atoms with Gasteiger partial charge in [-0.3, -0.25) is 4.79 Å². The number of anilines is 1. The molecule has 7 heteroatoms. The van der Waals surface area contributed by atoms with E-state index in [1.54, 1.807) is 11.3 Å². The maximum Gasteiger partial charge on any atom is 0.229 e. The first-order chi connectivity index (χ1) is 17.5. The lowest BCUT2D eigenvalue weighted by Gasteiger charge is -2.27. The number of ether oxygens (including phenoxy) is 1. The molecular weight excluding hydrogens is 468 g/mol. The smallest absolute Gasteiger partial charge is 0.229 e. The van der Waals surface area contributed by atoms with Gasteiger partial charge in [-0.2, -0.15) is 0 Å². The average Bonchev–Trinajstić information content (AvgIpc) is 3.56. The van der Waals surface area contributed by atoms with Gasteiger partial charge in [0.15, 0.2) is 0 Å². The van der Waals surface area contributed by atoms with E-state index in [1.165, 1.54) is 0 Å². The van der Waals surface area contributed by atoms with E-state index in [0.717, 1.165) is 63.6 Å². The van der Waals surface area contributed by atoms with Gasteiger partial charge in [0, 0.05) is 55.7 Å².